The van der Waals surface area contributed by atoms with Crippen molar-refractivity contribution < 1.29 is 9.18 Å². The van der Waals surface area contributed by atoms with E-state index in [-0.39, 0.29) is 18.4 Å². The molecule has 2 rings (SSSR count). The number of likely N-dealkylation sites (N-methyl/N-ethyl adjacent to an activating group) is 1. The first-order chi connectivity index (χ1) is 11.5. The van der Waals surface area contributed by atoms with E-state index in [1.807, 2.05) is 19.0 Å². The smallest absolute Gasteiger partial charge is 0.319 e. The number of rotatable bonds is 6. The molecule has 128 valence electrons. The largest absolute Gasteiger partial charge is 0.322 e. The Kier molecular flexibility index (Phi) is 6.58. The maximum atomic E-state index is 13.9. The minimum atomic E-state index is -0.313. The second-order valence-corrected chi connectivity index (χ2v) is 6.19. The minimum absolute atomic E-state index is 0.208. The molecule has 0 unspecified atom stereocenters. The second-order valence-electron chi connectivity index (χ2n) is 5.75. The SMILES string of the molecule is CN(C)CCN(Cc1ccccc1F)C(=O)Nc1ccc(Cl)cc1. The monoisotopic (exact) mass is 349 g/mol. The predicted octanol–water partition coefficient (Wildman–Crippen LogP) is 4.07. The first-order valence-corrected chi connectivity index (χ1v) is 8.03. The molecule has 2 amide bonds. The van der Waals surface area contributed by atoms with E-state index in [0.717, 1.165) is 0 Å². The van der Waals surface area contributed by atoms with Crippen LogP contribution in [-0.2, 0) is 6.54 Å². The van der Waals surface area contributed by atoms with Crippen molar-refractivity contribution in [1.82, 2.24) is 9.80 Å². The lowest BCUT2D eigenvalue weighted by molar-refractivity contribution is 0.201. The van der Waals surface area contributed by atoms with Crippen LogP contribution in [0.5, 0.6) is 0 Å². The minimum Gasteiger partial charge on any atom is -0.319 e. The van der Waals surface area contributed by atoms with Gasteiger partial charge in [0.1, 0.15) is 5.82 Å². The van der Waals surface area contributed by atoms with Crippen LogP contribution in [0.1, 0.15) is 5.56 Å². The molecule has 4 nitrogen and oxygen atoms in total. The van der Waals surface area contributed by atoms with Gasteiger partial charge in [0.2, 0.25) is 0 Å². The number of carbonyl (C=O) groups is 1. The molecule has 2 aromatic rings. The van der Waals surface area contributed by atoms with E-state index in [1.54, 1.807) is 47.4 Å². The summed E-state index contributed by atoms with van der Waals surface area (Å²) < 4.78 is 13.9. The topological polar surface area (TPSA) is 35.6 Å². The van der Waals surface area contributed by atoms with Gasteiger partial charge in [-0.25, -0.2) is 9.18 Å². The van der Waals surface area contributed by atoms with Gasteiger partial charge in [0.25, 0.3) is 0 Å². The van der Waals surface area contributed by atoms with E-state index < -0.39 is 0 Å². The summed E-state index contributed by atoms with van der Waals surface area (Å²) in [6.45, 7) is 1.38. The predicted molar refractivity (Wildman–Crippen MR) is 95.8 cm³/mol. The van der Waals surface area contributed by atoms with E-state index >= 15 is 0 Å². The third-order valence-electron chi connectivity index (χ3n) is 3.52. The van der Waals surface area contributed by atoms with Crippen molar-refractivity contribution in [1.29, 1.82) is 0 Å². The maximum Gasteiger partial charge on any atom is 0.322 e. The van der Waals surface area contributed by atoms with E-state index in [9.17, 15) is 9.18 Å². The number of hydrogen-bond acceptors (Lipinski definition) is 2. The molecule has 0 aliphatic carbocycles. The van der Waals surface area contributed by atoms with Gasteiger partial charge in [-0.15, -0.1) is 0 Å². The summed E-state index contributed by atoms with van der Waals surface area (Å²) in [5.41, 5.74) is 1.13. The summed E-state index contributed by atoms with van der Waals surface area (Å²) in [5.74, 6) is -0.313. The number of amides is 2. The van der Waals surface area contributed by atoms with Crippen molar-refractivity contribution in [2.24, 2.45) is 0 Å². The molecule has 0 atom stereocenters. The summed E-state index contributed by atoms with van der Waals surface area (Å²) in [6.07, 6.45) is 0. The average molecular weight is 350 g/mol. The molecule has 0 bridgehead atoms. The molecule has 1 N–H and O–H groups in total. The normalized spacial score (nSPS) is 10.7. The van der Waals surface area contributed by atoms with Gasteiger partial charge in [0.05, 0.1) is 6.54 Å². The Labute approximate surface area is 146 Å². The fourth-order valence-electron chi connectivity index (χ4n) is 2.14. The Morgan fingerprint density at radius 3 is 2.38 bits per heavy atom. The maximum absolute atomic E-state index is 13.9. The highest BCUT2D eigenvalue weighted by atomic mass is 35.5. The molecule has 0 fully saturated rings. The number of anilines is 1. The van der Waals surface area contributed by atoms with E-state index in [1.165, 1.54) is 6.07 Å². The summed E-state index contributed by atoms with van der Waals surface area (Å²) in [5, 5.41) is 3.42. The highest BCUT2D eigenvalue weighted by Gasteiger charge is 2.16. The van der Waals surface area contributed by atoms with Crippen molar-refractivity contribution in [3.63, 3.8) is 0 Å². The first kappa shape index (κ1) is 18.2. The Balaban J connectivity index is 2.10. The van der Waals surface area contributed by atoms with Crippen LogP contribution in [-0.4, -0.2) is 43.0 Å². The molecule has 0 aliphatic heterocycles. The molecule has 2 aromatic carbocycles. The number of nitrogens with one attached hydrogen (secondary N) is 1. The van der Waals surface area contributed by atoms with Crippen molar-refractivity contribution in [2.45, 2.75) is 6.54 Å². The molecule has 0 heterocycles. The van der Waals surface area contributed by atoms with Crippen molar-refractivity contribution in [2.75, 3.05) is 32.5 Å². The number of hydrogen-bond donors (Lipinski definition) is 1. The van der Waals surface area contributed by atoms with E-state index in [4.69, 9.17) is 11.6 Å². The third-order valence-corrected chi connectivity index (χ3v) is 3.77. The molecule has 0 radical (unpaired) electrons. The van der Waals surface area contributed by atoms with Crippen molar-refractivity contribution >= 4 is 23.3 Å². The van der Waals surface area contributed by atoms with Gasteiger partial charge in [-0.2, -0.15) is 0 Å². The van der Waals surface area contributed by atoms with Crippen LogP contribution in [0.25, 0.3) is 0 Å². The van der Waals surface area contributed by atoms with Gasteiger partial charge in [-0.3, -0.25) is 0 Å². The summed E-state index contributed by atoms with van der Waals surface area (Å²) in [7, 11) is 3.86. The lowest BCUT2D eigenvalue weighted by Crippen LogP contribution is -2.39. The number of halogens is 2. The van der Waals surface area contributed by atoms with Gasteiger partial charge >= 0.3 is 6.03 Å². The van der Waals surface area contributed by atoms with Gasteiger partial charge in [-0.05, 0) is 44.4 Å². The number of urea groups is 1. The van der Waals surface area contributed by atoms with Crippen LogP contribution in [0.3, 0.4) is 0 Å². The van der Waals surface area contributed by atoms with Crippen molar-refractivity contribution in [3.05, 3.63) is 64.9 Å². The third kappa shape index (κ3) is 5.51. The summed E-state index contributed by atoms with van der Waals surface area (Å²) in [6, 6.07) is 13.1. The molecule has 6 heteroatoms. The number of benzene rings is 2. The van der Waals surface area contributed by atoms with Gasteiger partial charge in [-0.1, -0.05) is 29.8 Å². The van der Waals surface area contributed by atoms with E-state index in [0.29, 0.717) is 29.4 Å². The van der Waals surface area contributed by atoms with Crippen LogP contribution in [0.15, 0.2) is 48.5 Å². The molecule has 0 aromatic heterocycles. The molecular formula is C18H21ClFN3O. The lowest BCUT2D eigenvalue weighted by Gasteiger charge is -2.25. The highest BCUT2D eigenvalue weighted by Crippen LogP contribution is 2.15. The molecule has 24 heavy (non-hydrogen) atoms. The molecule has 0 saturated carbocycles. The molecule has 0 aliphatic rings. The Morgan fingerprint density at radius 2 is 1.75 bits per heavy atom. The molecule has 0 spiro atoms. The van der Waals surface area contributed by atoms with Gasteiger partial charge < -0.3 is 15.1 Å². The second kappa shape index (κ2) is 8.66. The fraction of sp³-hybridized carbons (Fsp3) is 0.278. The molecule has 0 saturated heterocycles. The first-order valence-electron chi connectivity index (χ1n) is 7.65. The van der Waals surface area contributed by atoms with Crippen LogP contribution in [0.2, 0.25) is 5.02 Å². The number of nitrogens with zero attached hydrogens (tertiary/aromatic N) is 2. The number of carbonyl (C=O) groups excluding carboxylic acids is 1. The Bertz CT molecular complexity index is 676. The molecular weight excluding hydrogens is 329 g/mol. The fourth-order valence-corrected chi connectivity index (χ4v) is 2.27. The van der Waals surface area contributed by atoms with Crippen molar-refractivity contribution in [3.8, 4) is 0 Å². The standard InChI is InChI=1S/C18H21ClFN3O/c1-22(2)11-12-23(13-14-5-3-4-6-17(14)20)18(24)21-16-9-7-15(19)8-10-16/h3-10H,11-13H2,1-2H3,(H,21,24). The average Bonchev–Trinajstić information content (AvgIpc) is 2.55. The summed E-state index contributed by atoms with van der Waals surface area (Å²) in [4.78, 5) is 16.1. The highest BCUT2D eigenvalue weighted by molar-refractivity contribution is 6.30. The van der Waals surface area contributed by atoms with E-state index in [2.05, 4.69) is 5.32 Å². The lowest BCUT2D eigenvalue weighted by atomic mass is 10.2. The Morgan fingerprint density at radius 1 is 1.08 bits per heavy atom. The van der Waals surface area contributed by atoms with Crippen LogP contribution < -0.4 is 5.32 Å². The van der Waals surface area contributed by atoms with Gasteiger partial charge in [0.15, 0.2) is 0 Å². The quantitative estimate of drug-likeness (QED) is 0.853. The zero-order valence-corrected chi connectivity index (χ0v) is 14.6. The zero-order chi connectivity index (χ0) is 17.5. The van der Waals surface area contributed by atoms with Gasteiger partial charge in [0, 0.05) is 29.4 Å². The van der Waals surface area contributed by atoms with Crippen LogP contribution in [0.4, 0.5) is 14.9 Å². The zero-order valence-electron chi connectivity index (χ0n) is 13.8. The van der Waals surface area contributed by atoms with Crippen LogP contribution in [0, 0.1) is 5.82 Å². The Hall–Kier alpha value is -2.11. The summed E-state index contributed by atoms with van der Waals surface area (Å²) >= 11 is 5.85. The van der Waals surface area contributed by atoms with Crippen LogP contribution >= 0.6 is 11.6 Å².